The van der Waals surface area contributed by atoms with Crippen molar-refractivity contribution in [3.63, 3.8) is 0 Å². The minimum atomic E-state index is -0.690. The fraction of sp³-hybridized carbons (Fsp3) is 0. The number of nitrogens with zero attached hydrogens (tertiary/aromatic N) is 4. The monoisotopic (exact) mass is 379 g/mol. The molecule has 0 aliphatic carbocycles. The molecule has 10 heteroatoms. The van der Waals surface area contributed by atoms with Crippen molar-refractivity contribution in [3.05, 3.63) is 87.0 Å². The highest BCUT2D eigenvalue weighted by atomic mass is 16.6. The van der Waals surface area contributed by atoms with E-state index in [1.165, 1.54) is 24.3 Å². The zero-order valence-corrected chi connectivity index (χ0v) is 14.2. The zero-order chi connectivity index (χ0) is 20.1. The highest BCUT2D eigenvalue weighted by Gasteiger charge is 2.19. The van der Waals surface area contributed by atoms with Crippen LogP contribution in [0, 0.1) is 20.2 Å². The van der Waals surface area contributed by atoms with Crippen molar-refractivity contribution in [2.75, 3.05) is 5.32 Å². The number of hydrogen-bond acceptors (Lipinski definition) is 8. The molecule has 28 heavy (non-hydrogen) atoms. The van der Waals surface area contributed by atoms with Crippen LogP contribution < -0.4 is 5.32 Å². The fourth-order valence-corrected chi connectivity index (χ4v) is 2.29. The molecule has 0 atom stereocenters. The van der Waals surface area contributed by atoms with Gasteiger partial charge >= 0.3 is 0 Å². The average Bonchev–Trinajstić information content (AvgIpc) is 2.68. The van der Waals surface area contributed by atoms with Gasteiger partial charge in [0.2, 0.25) is 0 Å². The van der Waals surface area contributed by atoms with E-state index in [-0.39, 0.29) is 17.1 Å². The third-order valence-corrected chi connectivity index (χ3v) is 3.67. The lowest BCUT2D eigenvalue weighted by Crippen LogP contribution is -1.98. The highest BCUT2D eigenvalue weighted by Crippen LogP contribution is 2.32. The first-order chi connectivity index (χ1) is 13.4. The summed E-state index contributed by atoms with van der Waals surface area (Å²) < 4.78 is 0. The summed E-state index contributed by atoms with van der Waals surface area (Å²) in [7, 11) is 0. The molecule has 3 aromatic rings. The first-order valence-electron chi connectivity index (χ1n) is 7.93. The van der Waals surface area contributed by atoms with Crippen LogP contribution in [0.15, 0.2) is 77.0 Å². The van der Waals surface area contributed by atoms with Crippen LogP contribution in [-0.2, 0) is 0 Å². The summed E-state index contributed by atoms with van der Waals surface area (Å²) in [6.45, 7) is 0. The van der Waals surface area contributed by atoms with E-state index in [0.717, 1.165) is 6.07 Å². The van der Waals surface area contributed by atoms with Gasteiger partial charge in [-0.3, -0.25) is 20.2 Å². The summed E-state index contributed by atoms with van der Waals surface area (Å²) in [5.41, 5.74) is 1.04. The van der Waals surface area contributed by atoms with Gasteiger partial charge in [0.25, 0.3) is 11.4 Å². The maximum Gasteiger partial charge on any atom is 0.299 e. The van der Waals surface area contributed by atoms with Crippen LogP contribution in [0.25, 0.3) is 0 Å². The van der Waals surface area contributed by atoms with Gasteiger partial charge in [-0.1, -0.05) is 0 Å². The number of phenolic OH excluding ortho intramolecular Hbond substituents is 1. The average molecular weight is 379 g/mol. The van der Waals surface area contributed by atoms with Gasteiger partial charge in [0.15, 0.2) is 0 Å². The second-order valence-electron chi connectivity index (χ2n) is 5.60. The Balaban J connectivity index is 1.76. The van der Waals surface area contributed by atoms with Crippen LogP contribution in [0.2, 0.25) is 0 Å². The summed E-state index contributed by atoms with van der Waals surface area (Å²) in [5.74, 6) is 0.134. The van der Waals surface area contributed by atoms with Crippen molar-refractivity contribution >= 4 is 34.1 Å². The molecule has 140 valence electrons. The maximum atomic E-state index is 11.2. The number of nitrogens with one attached hydrogen (secondary N) is 1. The number of aromatic hydroxyl groups is 1. The number of azo groups is 1. The third kappa shape index (κ3) is 4.43. The molecule has 0 saturated heterocycles. The quantitative estimate of drug-likeness (QED) is 0.335. The molecule has 0 fully saturated rings. The van der Waals surface area contributed by atoms with Crippen molar-refractivity contribution in [2.24, 2.45) is 10.2 Å². The normalized spacial score (nSPS) is 10.7. The van der Waals surface area contributed by atoms with Crippen LogP contribution >= 0.6 is 0 Å². The van der Waals surface area contributed by atoms with E-state index in [1.54, 1.807) is 36.4 Å². The topological polar surface area (TPSA) is 143 Å². The Labute approximate surface area is 158 Å². The van der Waals surface area contributed by atoms with Crippen molar-refractivity contribution in [1.29, 1.82) is 0 Å². The van der Waals surface area contributed by atoms with Crippen molar-refractivity contribution in [3.8, 4) is 5.75 Å². The van der Waals surface area contributed by atoms with E-state index >= 15 is 0 Å². The maximum absolute atomic E-state index is 11.2. The molecule has 0 saturated carbocycles. The van der Waals surface area contributed by atoms with E-state index in [4.69, 9.17) is 0 Å². The number of nitro benzene ring substituents is 2. The van der Waals surface area contributed by atoms with Crippen LogP contribution in [0.1, 0.15) is 0 Å². The van der Waals surface area contributed by atoms with Crippen LogP contribution in [0.4, 0.5) is 34.1 Å². The molecule has 10 nitrogen and oxygen atoms in total. The third-order valence-electron chi connectivity index (χ3n) is 3.67. The minimum absolute atomic E-state index is 0.133. The lowest BCUT2D eigenvalue weighted by atomic mass is 10.2. The number of phenols is 1. The predicted molar refractivity (Wildman–Crippen MR) is 102 cm³/mol. The number of rotatable bonds is 6. The number of anilines is 2. The molecule has 0 unspecified atom stereocenters. The van der Waals surface area contributed by atoms with Gasteiger partial charge < -0.3 is 10.4 Å². The molecule has 2 N–H and O–H groups in total. The van der Waals surface area contributed by atoms with E-state index in [0.29, 0.717) is 17.1 Å². The molecule has 0 radical (unpaired) electrons. The van der Waals surface area contributed by atoms with Crippen molar-refractivity contribution in [1.82, 2.24) is 0 Å². The zero-order valence-electron chi connectivity index (χ0n) is 14.2. The molecular formula is C18H13N5O5. The molecule has 3 rings (SSSR count). The first-order valence-corrected chi connectivity index (χ1v) is 7.93. The summed E-state index contributed by atoms with van der Waals surface area (Å²) in [5, 5.41) is 42.2. The number of benzene rings is 3. The van der Waals surface area contributed by atoms with Crippen LogP contribution in [-0.4, -0.2) is 15.0 Å². The molecule has 0 spiro atoms. The van der Waals surface area contributed by atoms with E-state index in [9.17, 15) is 25.3 Å². The number of hydrogen-bond donors (Lipinski definition) is 2. The van der Waals surface area contributed by atoms with Crippen LogP contribution in [0.5, 0.6) is 5.75 Å². The predicted octanol–water partition coefficient (Wildman–Crippen LogP) is 5.37. The molecular weight excluding hydrogens is 366 g/mol. The van der Waals surface area contributed by atoms with Gasteiger partial charge in [-0.05, 0) is 54.6 Å². The van der Waals surface area contributed by atoms with E-state index in [2.05, 4.69) is 15.5 Å². The van der Waals surface area contributed by atoms with Crippen molar-refractivity contribution < 1.29 is 15.0 Å². The standard InChI is InChI=1S/C18H13N5O5/c24-16-8-5-14(6-9-16)21-20-13-3-1-12(2-4-13)19-17-10-7-15(22(25)26)11-18(17)23(27)28/h1-11,19,24H. The molecule has 0 aromatic heterocycles. The Morgan fingerprint density at radius 1 is 0.786 bits per heavy atom. The Morgan fingerprint density at radius 2 is 1.36 bits per heavy atom. The molecule has 3 aromatic carbocycles. The minimum Gasteiger partial charge on any atom is -0.508 e. The highest BCUT2D eigenvalue weighted by molar-refractivity contribution is 5.72. The second kappa shape index (κ2) is 7.91. The molecule has 0 aliphatic heterocycles. The Hall–Kier alpha value is -4.34. The summed E-state index contributed by atoms with van der Waals surface area (Å²) >= 11 is 0. The number of non-ortho nitro benzene ring substituents is 1. The molecule has 0 aliphatic rings. The van der Waals surface area contributed by atoms with Gasteiger partial charge in [-0.15, -0.1) is 0 Å². The first kappa shape index (κ1) is 18.5. The number of nitro groups is 2. The Morgan fingerprint density at radius 3 is 1.89 bits per heavy atom. The van der Waals surface area contributed by atoms with Crippen molar-refractivity contribution in [2.45, 2.75) is 0 Å². The smallest absolute Gasteiger partial charge is 0.299 e. The largest absolute Gasteiger partial charge is 0.508 e. The fourth-order valence-electron chi connectivity index (χ4n) is 2.29. The lowest BCUT2D eigenvalue weighted by molar-refractivity contribution is -0.393. The van der Waals surface area contributed by atoms with Gasteiger partial charge in [-0.25, -0.2) is 0 Å². The van der Waals surface area contributed by atoms with E-state index in [1.807, 2.05) is 0 Å². The second-order valence-corrected chi connectivity index (χ2v) is 5.60. The molecule has 0 amide bonds. The van der Waals surface area contributed by atoms with E-state index < -0.39 is 15.5 Å². The Kier molecular flexibility index (Phi) is 5.21. The SMILES string of the molecule is O=[N+]([O-])c1ccc(Nc2ccc(N=Nc3ccc(O)cc3)cc2)c([N+](=O)[O-])c1. The lowest BCUT2D eigenvalue weighted by Gasteiger charge is -2.07. The van der Waals surface area contributed by atoms with Gasteiger partial charge in [0, 0.05) is 11.8 Å². The summed E-state index contributed by atoms with van der Waals surface area (Å²) in [6, 6.07) is 16.2. The molecule has 0 heterocycles. The van der Waals surface area contributed by atoms with Gasteiger partial charge in [0.05, 0.1) is 27.3 Å². The van der Waals surface area contributed by atoms with Gasteiger partial charge in [-0.2, -0.15) is 10.2 Å². The van der Waals surface area contributed by atoms with Gasteiger partial charge in [0.1, 0.15) is 11.4 Å². The Bertz CT molecular complexity index is 1050. The summed E-state index contributed by atoms with van der Waals surface area (Å²) in [4.78, 5) is 20.6. The molecule has 0 bridgehead atoms. The summed E-state index contributed by atoms with van der Waals surface area (Å²) in [6.07, 6.45) is 0. The van der Waals surface area contributed by atoms with Crippen LogP contribution in [0.3, 0.4) is 0 Å².